The predicted octanol–water partition coefficient (Wildman–Crippen LogP) is 3.95. The minimum Gasteiger partial charge on any atom is -0.381 e. The fraction of sp³-hybridized carbons (Fsp3) is 0.385. The summed E-state index contributed by atoms with van der Waals surface area (Å²) in [6.45, 7) is 3.86. The molecule has 1 fully saturated rings. The van der Waals surface area contributed by atoms with Crippen LogP contribution in [0.2, 0.25) is 0 Å². The molecule has 0 radical (unpaired) electrons. The van der Waals surface area contributed by atoms with E-state index in [0.29, 0.717) is 0 Å². The van der Waals surface area contributed by atoms with Crippen molar-refractivity contribution in [2.24, 2.45) is 0 Å². The molecule has 2 rings (SSSR count). The maximum atomic E-state index is 5.34. The number of rotatable bonds is 1. The maximum Gasteiger partial charge on any atom is 0.0503 e. The van der Waals surface area contributed by atoms with Gasteiger partial charge in [0.15, 0.2) is 0 Å². The molecule has 0 saturated carbocycles. The smallest absolute Gasteiger partial charge is 0.0503 e. The monoisotopic (exact) mass is 266 g/mol. The standard InChI is InChI=1S/C13H15BrO/c1-10-3-2-4-12(13(10)14)9-11-5-7-15-8-6-11/h2-4,9H,5-8H2,1H3. The molecular weight excluding hydrogens is 252 g/mol. The van der Waals surface area contributed by atoms with Gasteiger partial charge in [-0.1, -0.05) is 29.8 Å². The topological polar surface area (TPSA) is 9.23 Å². The molecule has 0 aromatic heterocycles. The van der Waals surface area contributed by atoms with Crippen LogP contribution in [0.4, 0.5) is 0 Å². The van der Waals surface area contributed by atoms with Gasteiger partial charge in [0, 0.05) is 4.47 Å². The third-order valence-electron chi connectivity index (χ3n) is 2.72. The second-order valence-electron chi connectivity index (χ2n) is 3.89. The van der Waals surface area contributed by atoms with E-state index in [-0.39, 0.29) is 0 Å². The summed E-state index contributed by atoms with van der Waals surface area (Å²) in [6, 6.07) is 6.38. The van der Waals surface area contributed by atoms with Gasteiger partial charge >= 0.3 is 0 Å². The quantitative estimate of drug-likeness (QED) is 0.748. The number of aryl methyl sites for hydroxylation is 1. The van der Waals surface area contributed by atoms with E-state index in [0.717, 1.165) is 26.1 Å². The van der Waals surface area contributed by atoms with Gasteiger partial charge in [0.1, 0.15) is 0 Å². The molecule has 1 heterocycles. The summed E-state index contributed by atoms with van der Waals surface area (Å²) in [5.41, 5.74) is 4.07. The van der Waals surface area contributed by atoms with Crippen molar-refractivity contribution in [1.82, 2.24) is 0 Å². The normalized spacial score (nSPS) is 16.5. The Morgan fingerprint density at radius 1 is 1.27 bits per heavy atom. The van der Waals surface area contributed by atoms with E-state index in [9.17, 15) is 0 Å². The Hall–Kier alpha value is -0.600. The van der Waals surface area contributed by atoms with E-state index in [4.69, 9.17) is 4.74 Å². The summed E-state index contributed by atoms with van der Waals surface area (Å²) >= 11 is 3.63. The molecule has 2 heteroatoms. The van der Waals surface area contributed by atoms with Gasteiger partial charge in [0.2, 0.25) is 0 Å². The van der Waals surface area contributed by atoms with E-state index in [1.54, 1.807) is 0 Å². The van der Waals surface area contributed by atoms with Crippen molar-refractivity contribution < 1.29 is 4.74 Å². The fourth-order valence-electron chi connectivity index (χ4n) is 1.78. The van der Waals surface area contributed by atoms with Crippen molar-refractivity contribution in [3.63, 3.8) is 0 Å². The van der Waals surface area contributed by atoms with Crippen LogP contribution < -0.4 is 0 Å². The van der Waals surface area contributed by atoms with Crippen LogP contribution in [0.15, 0.2) is 28.2 Å². The van der Waals surface area contributed by atoms with Gasteiger partial charge in [0.05, 0.1) is 13.2 Å². The number of benzene rings is 1. The summed E-state index contributed by atoms with van der Waals surface area (Å²) in [4.78, 5) is 0. The first-order chi connectivity index (χ1) is 7.27. The third kappa shape index (κ3) is 2.70. The third-order valence-corrected chi connectivity index (χ3v) is 3.80. The van der Waals surface area contributed by atoms with Crippen LogP contribution in [0.3, 0.4) is 0 Å². The van der Waals surface area contributed by atoms with Crippen LogP contribution in [0.5, 0.6) is 0 Å². The van der Waals surface area contributed by atoms with Crippen molar-refractivity contribution in [3.8, 4) is 0 Å². The Bertz CT molecular complexity index is 374. The summed E-state index contributed by atoms with van der Waals surface area (Å²) in [5, 5.41) is 0. The first-order valence-corrected chi connectivity index (χ1v) is 6.09. The average molecular weight is 267 g/mol. The highest BCUT2D eigenvalue weighted by molar-refractivity contribution is 9.10. The Morgan fingerprint density at radius 3 is 2.73 bits per heavy atom. The molecule has 15 heavy (non-hydrogen) atoms. The van der Waals surface area contributed by atoms with Crippen LogP contribution in [0, 0.1) is 6.92 Å². The van der Waals surface area contributed by atoms with Gasteiger partial charge in [-0.05, 0) is 46.8 Å². The second kappa shape index (κ2) is 4.95. The molecule has 0 N–H and O–H groups in total. The largest absolute Gasteiger partial charge is 0.381 e. The van der Waals surface area contributed by atoms with Gasteiger partial charge in [0.25, 0.3) is 0 Å². The Kier molecular flexibility index (Phi) is 3.60. The Labute approximate surface area is 99.3 Å². The predicted molar refractivity (Wildman–Crippen MR) is 66.9 cm³/mol. The zero-order chi connectivity index (χ0) is 10.7. The first-order valence-electron chi connectivity index (χ1n) is 5.29. The van der Waals surface area contributed by atoms with Crippen molar-refractivity contribution in [2.75, 3.05) is 13.2 Å². The minimum atomic E-state index is 0.870. The molecule has 0 spiro atoms. The van der Waals surface area contributed by atoms with E-state index < -0.39 is 0 Å². The van der Waals surface area contributed by atoms with Crippen LogP contribution >= 0.6 is 15.9 Å². The lowest BCUT2D eigenvalue weighted by molar-refractivity contribution is 0.119. The molecule has 1 aromatic carbocycles. The maximum absolute atomic E-state index is 5.34. The summed E-state index contributed by atoms with van der Waals surface area (Å²) in [6.07, 6.45) is 4.43. The SMILES string of the molecule is Cc1cccc(C=C2CCOCC2)c1Br. The highest BCUT2D eigenvalue weighted by Crippen LogP contribution is 2.25. The van der Waals surface area contributed by atoms with Gasteiger partial charge < -0.3 is 4.74 Å². The van der Waals surface area contributed by atoms with Gasteiger partial charge in [-0.25, -0.2) is 0 Å². The second-order valence-corrected chi connectivity index (χ2v) is 4.69. The summed E-state index contributed by atoms with van der Waals surface area (Å²) < 4.78 is 6.55. The van der Waals surface area contributed by atoms with Crippen molar-refractivity contribution in [2.45, 2.75) is 19.8 Å². The van der Waals surface area contributed by atoms with E-state index in [2.05, 4.69) is 47.1 Å². The minimum absolute atomic E-state index is 0.870. The van der Waals surface area contributed by atoms with E-state index in [1.165, 1.54) is 21.2 Å². The Balaban J connectivity index is 2.25. The molecular formula is C13H15BrO. The zero-order valence-corrected chi connectivity index (χ0v) is 10.5. The molecule has 1 saturated heterocycles. The summed E-state index contributed by atoms with van der Waals surface area (Å²) in [7, 11) is 0. The molecule has 80 valence electrons. The summed E-state index contributed by atoms with van der Waals surface area (Å²) in [5.74, 6) is 0. The number of halogens is 1. The van der Waals surface area contributed by atoms with Gasteiger partial charge in [-0.2, -0.15) is 0 Å². The number of ether oxygens (including phenoxy) is 1. The lowest BCUT2D eigenvalue weighted by Crippen LogP contribution is -2.06. The lowest BCUT2D eigenvalue weighted by Gasteiger charge is -2.15. The van der Waals surface area contributed by atoms with Gasteiger partial charge in [-0.3, -0.25) is 0 Å². The van der Waals surface area contributed by atoms with Crippen LogP contribution in [0.25, 0.3) is 6.08 Å². The van der Waals surface area contributed by atoms with E-state index >= 15 is 0 Å². The Morgan fingerprint density at radius 2 is 2.00 bits per heavy atom. The lowest BCUT2D eigenvalue weighted by atomic mass is 10.0. The zero-order valence-electron chi connectivity index (χ0n) is 8.92. The van der Waals surface area contributed by atoms with Crippen LogP contribution in [-0.4, -0.2) is 13.2 Å². The molecule has 1 aliphatic heterocycles. The molecule has 0 bridgehead atoms. The molecule has 1 aliphatic rings. The van der Waals surface area contributed by atoms with Crippen molar-refractivity contribution in [1.29, 1.82) is 0 Å². The molecule has 1 nitrogen and oxygen atoms in total. The van der Waals surface area contributed by atoms with Crippen molar-refractivity contribution >= 4 is 22.0 Å². The van der Waals surface area contributed by atoms with Crippen LogP contribution in [-0.2, 0) is 4.74 Å². The highest BCUT2D eigenvalue weighted by Gasteiger charge is 2.06. The average Bonchev–Trinajstić information content (AvgIpc) is 2.26. The highest BCUT2D eigenvalue weighted by atomic mass is 79.9. The van der Waals surface area contributed by atoms with Crippen LogP contribution in [0.1, 0.15) is 24.0 Å². The molecule has 1 aromatic rings. The number of hydrogen-bond donors (Lipinski definition) is 0. The fourth-order valence-corrected chi connectivity index (χ4v) is 2.16. The molecule has 0 atom stereocenters. The molecule has 0 unspecified atom stereocenters. The van der Waals surface area contributed by atoms with Crippen molar-refractivity contribution in [3.05, 3.63) is 39.4 Å². The van der Waals surface area contributed by atoms with E-state index in [1.807, 2.05) is 0 Å². The van der Waals surface area contributed by atoms with Gasteiger partial charge in [-0.15, -0.1) is 0 Å². The first kappa shape index (κ1) is 10.9. The molecule has 0 aliphatic carbocycles. The number of hydrogen-bond acceptors (Lipinski definition) is 1. The molecule has 0 amide bonds.